The molecular weight excluding hydrogens is 398 g/mol. The lowest BCUT2D eigenvalue weighted by Crippen LogP contribution is -2.15. The number of methoxy groups -OCH3 is 1. The van der Waals surface area contributed by atoms with Crippen molar-refractivity contribution in [2.75, 3.05) is 11.8 Å². The van der Waals surface area contributed by atoms with Crippen molar-refractivity contribution in [2.24, 2.45) is 0 Å². The Morgan fingerprint density at radius 3 is 2.54 bits per heavy atom. The fourth-order valence-corrected chi connectivity index (χ4v) is 4.14. The minimum absolute atomic E-state index is 0.115. The number of ether oxygens (including phenoxy) is 1. The molecule has 0 aliphatic rings. The molecular formula is C16H16BrNO5S. The van der Waals surface area contributed by atoms with Crippen LogP contribution in [0, 0.1) is 6.92 Å². The lowest BCUT2D eigenvalue weighted by molar-refractivity contribution is -0.136. The average molecular weight is 414 g/mol. The van der Waals surface area contributed by atoms with Gasteiger partial charge in [-0.25, -0.2) is 8.42 Å². The van der Waals surface area contributed by atoms with Gasteiger partial charge >= 0.3 is 5.97 Å². The van der Waals surface area contributed by atoms with Crippen LogP contribution in [0.2, 0.25) is 0 Å². The van der Waals surface area contributed by atoms with Crippen molar-refractivity contribution in [1.82, 2.24) is 0 Å². The molecule has 0 spiro atoms. The van der Waals surface area contributed by atoms with Crippen LogP contribution in [-0.2, 0) is 21.2 Å². The van der Waals surface area contributed by atoms with E-state index in [4.69, 9.17) is 9.84 Å². The van der Waals surface area contributed by atoms with Gasteiger partial charge in [0.15, 0.2) is 0 Å². The molecule has 2 aromatic carbocycles. The Balaban J connectivity index is 2.45. The quantitative estimate of drug-likeness (QED) is 0.758. The van der Waals surface area contributed by atoms with Gasteiger partial charge in [-0.3, -0.25) is 9.52 Å². The molecule has 0 fully saturated rings. The van der Waals surface area contributed by atoms with Gasteiger partial charge in [-0.05, 0) is 58.2 Å². The van der Waals surface area contributed by atoms with E-state index in [1.54, 1.807) is 18.2 Å². The number of aryl methyl sites for hydroxylation is 1. The predicted octanol–water partition coefficient (Wildman–Crippen LogP) is 3.19. The van der Waals surface area contributed by atoms with Crippen LogP contribution in [-0.4, -0.2) is 26.6 Å². The predicted molar refractivity (Wildman–Crippen MR) is 94.0 cm³/mol. The standard InChI is InChI=1S/C16H16BrNO5S/c1-10-3-5-13(12(17)7-10)18-24(21,22)15-8-11(9-16(19)20)4-6-14(15)23-2/h3-8,18H,9H2,1-2H3,(H,19,20). The molecule has 0 unspecified atom stereocenters. The third-order valence-electron chi connectivity index (χ3n) is 3.24. The zero-order valence-electron chi connectivity index (χ0n) is 13.0. The Labute approximate surface area is 148 Å². The zero-order chi connectivity index (χ0) is 17.9. The van der Waals surface area contributed by atoms with E-state index in [0.717, 1.165) is 5.56 Å². The van der Waals surface area contributed by atoms with E-state index >= 15 is 0 Å². The van der Waals surface area contributed by atoms with Crippen molar-refractivity contribution < 1.29 is 23.1 Å². The minimum Gasteiger partial charge on any atom is -0.495 e. The molecule has 6 nitrogen and oxygen atoms in total. The lowest BCUT2D eigenvalue weighted by Gasteiger charge is -2.14. The van der Waals surface area contributed by atoms with Crippen LogP contribution in [0.15, 0.2) is 45.8 Å². The molecule has 2 N–H and O–H groups in total. The third kappa shape index (κ3) is 4.27. The highest BCUT2D eigenvalue weighted by Crippen LogP contribution is 2.30. The van der Waals surface area contributed by atoms with Crippen LogP contribution in [0.5, 0.6) is 5.75 Å². The molecule has 2 rings (SSSR count). The minimum atomic E-state index is -3.95. The molecule has 0 saturated carbocycles. The lowest BCUT2D eigenvalue weighted by atomic mass is 10.1. The summed E-state index contributed by atoms with van der Waals surface area (Å²) in [5, 5.41) is 8.88. The van der Waals surface area contributed by atoms with E-state index in [0.29, 0.717) is 15.7 Å². The van der Waals surface area contributed by atoms with E-state index in [9.17, 15) is 13.2 Å². The molecule has 0 aliphatic heterocycles. The Morgan fingerprint density at radius 2 is 1.96 bits per heavy atom. The van der Waals surface area contributed by atoms with Gasteiger partial charge in [-0.2, -0.15) is 0 Å². The number of carboxylic acid groups (broad SMARTS) is 1. The second-order valence-electron chi connectivity index (χ2n) is 5.14. The highest BCUT2D eigenvalue weighted by molar-refractivity contribution is 9.10. The topological polar surface area (TPSA) is 92.7 Å². The summed E-state index contributed by atoms with van der Waals surface area (Å²) in [6.07, 6.45) is -0.277. The van der Waals surface area contributed by atoms with Crippen LogP contribution in [0.3, 0.4) is 0 Å². The van der Waals surface area contributed by atoms with E-state index in [-0.39, 0.29) is 17.1 Å². The van der Waals surface area contributed by atoms with E-state index in [1.165, 1.54) is 25.3 Å². The highest BCUT2D eigenvalue weighted by atomic mass is 79.9. The molecule has 8 heteroatoms. The van der Waals surface area contributed by atoms with Crippen LogP contribution in [0.25, 0.3) is 0 Å². The van der Waals surface area contributed by atoms with Gasteiger partial charge in [-0.15, -0.1) is 0 Å². The van der Waals surface area contributed by atoms with Gasteiger partial charge in [0, 0.05) is 4.47 Å². The Morgan fingerprint density at radius 1 is 1.25 bits per heavy atom. The van der Waals surface area contributed by atoms with Crippen molar-refractivity contribution in [1.29, 1.82) is 0 Å². The number of anilines is 1. The van der Waals surface area contributed by atoms with Gasteiger partial charge in [0.05, 0.1) is 19.2 Å². The van der Waals surface area contributed by atoms with Crippen molar-refractivity contribution in [3.8, 4) is 5.75 Å². The highest BCUT2D eigenvalue weighted by Gasteiger charge is 2.21. The number of halogens is 1. The average Bonchev–Trinajstić information content (AvgIpc) is 2.49. The van der Waals surface area contributed by atoms with Crippen LogP contribution in [0.1, 0.15) is 11.1 Å². The summed E-state index contributed by atoms with van der Waals surface area (Å²) in [5.41, 5.74) is 1.73. The fourth-order valence-electron chi connectivity index (χ4n) is 2.12. The number of rotatable bonds is 6. The Bertz CT molecular complexity index is 880. The second-order valence-corrected chi connectivity index (χ2v) is 7.65. The molecule has 0 saturated heterocycles. The molecule has 24 heavy (non-hydrogen) atoms. The van der Waals surface area contributed by atoms with Gasteiger partial charge < -0.3 is 9.84 Å². The molecule has 0 amide bonds. The third-order valence-corrected chi connectivity index (χ3v) is 5.28. The smallest absolute Gasteiger partial charge is 0.307 e. The van der Waals surface area contributed by atoms with Gasteiger partial charge in [-0.1, -0.05) is 12.1 Å². The van der Waals surface area contributed by atoms with Crippen molar-refractivity contribution in [2.45, 2.75) is 18.2 Å². The molecule has 2 aromatic rings. The van der Waals surface area contributed by atoms with Crippen LogP contribution in [0.4, 0.5) is 5.69 Å². The number of sulfonamides is 1. The molecule has 0 heterocycles. The Kier molecular flexibility index (Phi) is 5.51. The normalized spacial score (nSPS) is 11.1. The fraction of sp³-hybridized carbons (Fsp3) is 0.188. The van der Waals surface area contributed by atoms with Crippen molar-refractivity contribution in [3.05, 3.63) is 52.0 Å². The molecule has 0 aliphatic carbocycles. The molecule has 0 aromatic heterocycles. The Hall–Kier alpha value is -2.06. The van der Waals surface area contributed by atoms with Crippen LogP contribution >= 0.6 is 15.9 Å². The summed E-state index contributed by atoms with van der Waals surface area (Å²) in [6, 6.07) is 9.48. The number of nitrogens with one attached hydrogen (secondary N) is 1. The van der Waals surface area contributed by atoms with Crippen molar-refractivity contribution >= 4 is 37.6 Å². The molecule has 0 atom stereocenters. The van der Waals surface area contributed by atoms with E-state index in [2.05, 4.69) is 20.7 Å². The van der Waals surface area contributed by atoms with Crippen molar-refractivity contribution in [3.63, 3.8) is 0 Å². The summed E-state index contributed by atoms with van der Waals surface area (Å²) in [7, 11) is -2.59. The first kappa shape index (κ1) is 18.3. The maximum absolute atomic E-state index is 12.7. The van der Waals surface area contributed by atoms with E-state index < -0.39 is 16.0 Å². The summed E-state index contributed by atoms with van der Waals surface area (Å²) in [6.45, 7) is 1.89. The van der Waals surface area contributed by atoms with Gasteiger partial charge in [0.1, 0.15) is 10.6 Å². The van der Waals surface area contributed by atoms with Crippen LogP contribution < -0.4 is 9.46 Å². The van der Waals surface area contributed by atoms with E-state index in [1.807, 2.05) is 6.92 Å². The largest absolute Gasteiger partial charge is 0.495 e. The number of benzene rings is 2. The monoisotopic (exact) mass is 413 g/mol. The zero-order valence-corrected chi connectivity index (χ0v) is 15.4. The number of hydrogen-bond acceptors (Lipinski definition) is 4. The molecule has 0 radical (unpaired) electrons. The summed E-state index contributed by atoms with van der Waals surface area (Å²) in [4.78, 5) is 10.7. The summed E-state index contributed by atoms with van der Waals surface area (Å²) in [5.74, 6) is -0.905. The molecule has 128 valence electrons. The van der Waals surface area contributed by atoms with Gasteiger partial charge in [0.2, 0.25) is 0 Å². The SMILES string of the molecule is COc1ccc(CC(=O)O)cc1S(=O)(=O)Nc1ccc(C)cc1Br. The first-order valence-corrected chi connectivity index (χ1v) is 9.18. The maximum atomic E-state index is 12.7. The first-order chi connectivity index (χ1) is 11.2. The summed E-state index contributed by atoms with van der Waals surface area (Å²) >= 11 is 3.32. The number of carbonyl (C=O) groups is 1. The summed E-state index contributed by atoms with van der Waals surface area (Å²) < 4.78 is 33.6. The number of hydrogen-bond donors (Lipinski definition) is 2. The first-order valence-electron chi connectivity index (χ1n) is 6.90. The number of carboxylic acids is 1. The second kappa shape index (κ2) is 7.23. The number of aliphatic carboxylic acids is 1. The van der Waals surface area contributed by atoms with Gasteiger partial charge in [0.25, 0.3) is 10.0 Å². The maximum Gasteiger partial charge on any atom is 0.307 e. The molecule has 0 bridgehead atoms.